The highest BCUT2D eigenvalue weighted by atomic mass is 32.2. The van der Waals surface area contributed by atoms with E-state index in [9.17, 15) is 9.59 Å². The molecule has 2 heterocycles. The number of nitrogens with one attached hydrogen (secondary N) is 2. The van der Waals surface area contributed by atoms with Crippen LogP contribution in [0.5, 0.6) is 0 Å². The van der Waals surface area contributed by atoms with E-state index in [-0.39, 0.29) is 11.8 Å². The largest absolute Gasteiger partial charge is 0.353 e. The van der Waals surface area contributed by atoms with Crippen LogP contribution in [0.1, 0.15) is 41.9 Å². The molecular formula is C18H19N5O2S3. The van der Waals surface area contributed by atoms with Crippen molar-refractivity contribution in [1.82, 2.24) is 20.5 Å². The van der Waals surface area contributed by atoms with Gasteiger partial charge in [-0.3, -0.25) is 14.9 Å². The summed E-state index contributed by atoms with van der Waals surface area (Å²) in [5, 5.41) is 14.6. The maximum absolute atomic E-state index is 12.4. The van der Waals surface area contributed by atoms with Crippen molar-refractivity contribution < 1.29 is 9.59 Å². The lowest BCUT2D eigenvalue weighted by Gasteiger charge is -2.22. The average molecular weight is 434 g/mol. The molecule has 1 aliphatic rings. The van der Waals surface area contributed by atoms with Crippen molar-refractivity contribution in [1.29, 1.82) is 0 Å². The number of thioether (sulfide) groups is 1. The van der Waals surface area contributed by atoms with Gasteiger partial charge in [0.15, 0.2) is 9.35 Å². The third-order valence-corrected chi connectivity index (χ3v) is 7.42. The van der Waals surface area contributed by atoms with Gasteiger partial charge in [-0.05, 0) is 25.0 Å². The molecule has 0 spiro atoms. The lowest BCUT2D eigenvalue weighted by atomic mass is 9.95. The Bertz CT molecular complexity index is 947. The Labute approximate surface area is 174 Å². The van der Waals surface area contributed by atoms with E-state index in [1.807, 2.05) is 24.3 Å². The van der Waals surface area contributed by atoms with Crippen LogP contribution in [0.25, 0.3) is 10.2 Å². The lowest BCUT2D eigenvalue weighted by Crippen LogP contribution is -2.37. The number of hydrogen-bond acceptors (Lipinski definition) is 8. The number of amides is 2. The van der Waals surface area contributed by atoms with Crippen LogP contribution in [0.3, 0.4) is 0 Å². The molecule has 2 aromatic heterocycles. The third-order valence-electron chi connectivity index (χ3n) is 4.41. The first-order valence-electron chi connectivity index (χ1n) is 9.10. The van der Waals surface area contributed by atoms with E-state index in [4.69, 9.17) is 0 Å². The minimum absolute atomic E-state index is 0.0205. The van der Waals surface area contributed by atoms with E-state index >= 15 is 0 Å². The van der Waals surface area contributed by atoms with Crippen molar-refractivity contribution in [2.24, 2.45) is 0 Å². The van der Waals surface area contributed by atoms with Crippen molar-refractivity contribution in [2.45, 2.75) is 42.5 Å². The number of carbonyl (C=O) groups is 2. The van der Waals surface area contributed by atoms with Gasteiger partial charge in [0, 0.05) is 6.04 Å². The first-order chi connectivity index (χ1) is 13.7. The Hall–Kier alpha value is -2.04. The predicted octanol–water partition coefficient (Wildman–Crippen LogP) is 3.94. The van der Waals surface area contributed by atoms with Crippen LogP contribution in [-0.2, 0) is 4.79 Å². The number of thiazole rings is 1. The predicted molar refractivity (Wildman–Crippen MR) is 113 cm³/mol. The molecule has 0 atom stereocenters. The quantitative estimate of drug-likeness (QED) is 0.451. The Morgan fingerprint density at radius 3 is 2.75 bits per heavy atom. The highest BCUT2D eigenvalue weighted by molar-refractivity contribution is 8.01. The minimum atomic E-state index is -0.302. The van der Waals surface area contributed by atoms with Crippen LogP contribution in [0.4, 0.5) is 5.13 Å². The maximum atomic E-state index is 12.4. The van der Waals surface area contributed by atoms with Crippen LogP contribution in [0.2, 0.25) is 0 Å². The summed E-state index contributed by atoms with van der Waals surface area (Å²) >= 11 is 3.93. The Morgan fingerprint density at radius 2 is 1.93 bits per heavy atom. The van der Waals surface area contributed by atoms with Gasteiger partial charge in [0.25, 0.3) is 5.91 Å². The molecule has 4 rings (SSSR count). The zero-order valence-electron chi connectivity index (χ0n) is 15.0. The third kappa shape index (κ3) is 4.86. The summed E-state index contributed by atoms with van der Waals surface area (Å²) in [5.41, 5.74) is 0.801. The molecule has 1 aromatic carbocycles. The van der Waals surface area contributed by atoms with E-state index in [0.717, 1.165) is 23.1 Å². The van der Waals surface area contributed by atoms with Gasteiger partial charge in [0.1, 0.15) is 0 Å². The van der Waals surface area contributed by atoms with E-state index in [0.29, 0.717) is 26.3 Å². The maximum Gasteiger partial charge on any atom is 0.286 e. The van der Waals surface area contributed by atoms with Crippen LogP contribution < -0.4 is 10.6 Å². The average Bonchev–Trinajstić information content (AvgIpc) is 3.34. The minimum Gasteiger partial charge on any atom is -0.353 e. The summed E-state index contributed by atoms with van der Waals surface area (Å²) in [4.78, 5) is 28.8. The van der Waals surface area contributed by atoms with E-state index in [2.05, 4.69) is 25.8 Å². The van der Waals surface area contributed by atoms with Crippen molar-refractivity contribution in [3.63, 3.8) is 0 Å². The summed E-state index contributed by atoms with van der Waals surface area (Å²) in [7, 11) is 0. The number of hydrogen-bond donors (Lipinski definition) is 2. The van der Waals surface area contributed by atoms with Gasteiger partial charge in [-0.2, -0.15) is 0 Å². The van der Waals surface area contributed by atoms with Crippen LogP contribution in [0.15, 0.2) is 28.6 Å². The zero-order valence-corrected chi connectivity index (χ0v) is 17.5. The molecule has 28 heavy (non-hydrogen) atoms. The molecule has 0 aliphatic heterocycles. The molecule has 0 saturated heterocycles. The molecule has 1 aliphatic carbocycles. The summed E-state index contributed by atoms with van der Waals surface area (Å²) in [5.74, 6) is 0.0211. The summed E-state index contributed by atoms with van der Waals surface area (Å²) in [6.45, 7) is 0. The number of benzene rings is 1. The van der Waals surface area contributed by atoms with Crippen molar-refractivity contribution in [3.05, 3.63) is 29.3 Å². The lowest BCUT2D eigenvalue weighted by molar-refractivity contribution is -0.119. The van der Waals surface area contributed by atoms with Gasteiger partial charge < -0.3 is 5.32 Å². The fourth-order valence-electron chi connectivity index (χ4n) is 3.08. The normalized spacial score (nSPS) is 14.9. The second-order valence-electron chi connectivity index (χ2n) is 6.51. The molecule has 1 saturated carbocycles. The highest BCUT2D eigenvalue weighted by Crippen LogP contribution is 2.27. The van der Waals surface area contributed by atoms with Crippen LogP contribution in [-0.4, -0.2) is 38.8 Å². The van der Waals surface area contributed by atoms with E-state index in [1.165, 1.54) is 53.7 Å². The molecule has 7 nitrogen and oxygen atoms in total. The van der Waals surface area contributed by atoms with Crippen molar-refractivity contribution in [2.75, 3.05) is 11.1 Å². The van der Waals surface area contributed by atoms with Crippen LogP contribution in [0, 0.1) is 0 Å². The molecule has 0 radical (unpaired) electrons. The number of rotatable bonds is 6. The SMILES string of the molecule is O=C(CSc1nnc(NC(=O)c2nc3ccccc3s2)s1)NC1CCCCC1. The van der Waals surface area contributed by atoms with Gasteiger partial charge >= 0.3 is 0 Å². The highest BCUT2D eigenvalue weighted by Gasteiger charge is 2.17. The van der Waals surface area contributed by atoms with E-state index in [1.54, 1.807) is 0 Å². The molecule has 146 valence electrons. The van der Waals surface area contributed by atoms with Gasteiger partial charge in [0.05, 0.1) is 16.0 Å². The molecular weight excluding hydrogens is 414 g/mol. The number of fused-ring (bicyclic) bond motifs is 1. The first-order valence-corrected chi connectivity index (χ1v) is 11.7. The van der Waals surface area contributed by atoms with Gasteiger partial charge in [-0.25, -0.2) is 4.98 Å². The summed E-state index contributed by atoms with van der Waals surface area (Å²) < 4.78 is 1.61. The van der Waals surface area contributed by atoms with E-state index < -0.39 is 0 Å². The van der Waals surface area contributed by atoms with Crippen molar-refractivity contribution in [3.8, 4) is 0 Å². The van der Waals surface area contributed by atoms with Gasteiger partial charge in [-0.15, -0.1) is 21.5 Å². The van der Waals surface area contributed by atoms with Gasteiger partial charge in [-0.1, -0.05) is 54.5 Å². The Balaban J connectivity index is 1.28. The fourth-order valence-corrected chi connectivity index (χ4v) is 5.50. The summed E-state index contributed by atoms with van der Waals surface area (Å²) in [6.07, 6.45) is 5.77. The monoisotopic (exact) mass is 433 g/mol. The molecule has 3 aromatic rings. The number of anilines is 1. The topological polar surface area (TPSA) is 96.9 Å². The number of para-hydroxylation sites is 1. The van der Waals surface area contributed by atoms with Gasteiger partial charge in [0.2, 0.25) is 11.0 Å². The molecule has 1 fully saturated rings. The molecule has 2 amide bonds. The zero-order chi connectivity index (χ0) is 19.3. The second-order valence-corrected chi connectivity index (χ2v) is 9.74. The second kappa shape index (κ2) is 8.97. The molecule has 2 N–H and O–H groups in total. The smallest absolute Gasteiger partial charge is 0.286 e. The number of carbonyl (C=O) groups excluding carboxylic acids is 2. The summed E-state index contributed by atoms with van der Waals surface area (Å²) in [6, 6.07) is 7.92. The fraction of sp³-hybridized carbons (Fsp3) is 0.389. The van der Waals surface area contributed by atoms with Crippen molar-refractivity contribution >= 4 is 61.6 Å². The standard InChI is InChI=1S/C18H19N5O2S3/c24-14(19-11-6-2-1-3-7-11)10-26-18-23-22-17(28-18)21-15(25)16-20-12-8-4-5-9-13(12)27-16/h4-5,8-9,11H,1-3,6-7,10H2,(H,19,24)(H,21,22,25). The first kappa shape index (κ1) is 19.3. The molecule has 10 heteroatoms. The van der Waals surface area contributed by atoms with Crippen LogP contribution >= 0.6 is 34.4 Å². The molecule has 0 unspecified atom stereocenters. The number of aromatic nitrogens is 3. The molecule has 0 bridgehead atoms. The Kier molecular flexibility index (Phi) is 6.18. The number of nitrogens with zero attached hydrogens (tertiary/aromatic N) is 3. The Morgan fingerprint density at radius 1 is 1.11 bits per heavy atom.